The normalized spacial score (nSPS) is 14.3. The van der Waals surface area contributed by atoms with Crippen LogP contribution in [-0.2, 0) is 9.59 Å². The molecule has 3 aromatic carbocycles. The molecule has 4 rings (SSSR count). The van der Waals surface area contributed by atoms with Crippen molar-refractivity contribution in [3.8, 4) is 5.75 Å². The number of amidine groups is 1. The van der Waals surface area contributed by atoms with Gasteiger partial charge in [-0.3, -0.25) is 14.5 Å². The number of hydrogen-bond donors (Lipinski definition) is 1. The van der Waals surface area contributed by atoms with E-state index in [4.69, 9.17) is 4.74 Å². The SMILES string of the molecule is COc1ccc(/C=C2\N=C(SCC(=O)Nc3c(C)cccc3C(C)C)N(c3cc(C)cc(C)c3)C2=O)cc1. The van der Waals surface area contributed by atoms with E-state index in [1.807, 2.05) is 75.4 Å². The summed E-state index contributed by atoms with van der Waals surface area (Å²) in [5.41, 5.74) is 6.94. The Balaban J connectivity index is 1.61. The molecule has 0 saturated carbocycles. The summed E-state index contributed by atoms with van der Waals surface area (Å²) in [6, 6.07) is 19.5. The van der Waals surface area contributed by atoms with Gasteiger partial charge >= 0.3 is 0 Å². The first-order chi connectivity index (χ1) is 18.2. The first-order valence-electron chi connectivity index (χ1n) is 12.6. The molecule has 3 aromatic rings. The van der Waals surface area contributed by atoms with Crippen molar-refractivity contribution in [1.29, 1.82) is 0 Å². The Bertz CT molecular complexity index is 1400. The Kier molecular flexibility index (Phi) is 8.37. The number of rotatable bonds is 7. The van der Waals surface area contributed by atoms with Crippen LogP contribution in [0.15, 0.2) is 71.4 Å². The quantitative estimate of drug-likeness (QED) is 0.341. The van der Waals surface area contributed by atoms with E-state index >= 15 is 0 Å². The van der Waals surface area contributed by atoms with Crippen LogP contribution in [0, 0.1) is 20.8 Å². The highest BCUT2D eigenvalue weighted by Gasteiger charge is 2.32. The summed E-state index contributed by atoms with van der Waals surface area (Å²) < 4.78 is 5.23. The molecule has 1 aliphatic heterocycles. The molecule has 38 heavy (non-hydrogen) atoms. The van der Waals surface area contributed by atoms with Crippen LogP contribution < -0.4 is 15.0 Å². The molecular weight excluding hydrogens is 494 g/mol. The third-order valence-corrected chi connectivity index (χ3v) is 7.18. The zero-order valence-corrected chi connectivity index (χ0v) is 23.5. The molecule has 0 unspecified atom stereocenters. The topological polar surface area (TPSA) is 71.0 Å². The van der Waals surface area contributed by atoms with E-state index in [1.54, 1.807) is 18.1 Å². The molecule has 2 amide bonds. The number of benzene rings is 3. The van der Waals surface area contributed by atoms with E-state index in [0.29, 0.717) is 10.9 Å². The van der Waals surface area contributed by atoms with Crippen LogP contribution in [0.3, 0.4) is 0 Å². The van der Waals surface area contributed by atoms with E-state index < -0.39 is 0 Å². The summed E-state index contributed by atoms with van der Waals surface area (Å²) in [4.78, 5) is 32.9. The highest BCUT2D eigenvalue weighted by atomic mass is 32.2. The molecular formula is C31H33N3O3S. The molecule has 0 spiro atoms. The maximum absolute atomic E-state index is 13.6. The van der Waals surface area contributed by atoms with Crippen molar-refractivity contribution in [3.05, 3.63) is 94.2 Å². The van der Waals surface area contributed by atoms with E-state index in [2.05, 4.69) is 30.2 Å². The average Bonchev–Trinajstić information content (AvgIpc) is 3.18. The minimum Gasteiger partial charge on any atom is -0.497 e. The van der Waals surface area contributed by atoms with Crippen LogP contribution >= 0.6 is 11.8 Å². The molecule has 0 fully saturated rings. The van der Waals surface area contributed by atoms with Crippen LogP contribution in [0.1, 0.15) is 47.6 Å². The van der Waals surface area contributed by atoms with Gasteiger partial charge in [0.25, 0.3) is 5.91 Å². The first kappa shape index (κ1) is 27.2. The van der Waals surface area contributed by atoms with Gasteiger partial charge in [0.1, 0.15) is 11.4 Å². The van der Waals surface area contributed by atoms with Gasteiger partial charge in [0.2, 0.25) is 5.91 Å². The number of anilines is 2. The summed E-state index contributed by atoms with van der Waals surface area (Å²) in [6.07, 6.45) is 1.76. The zero-order chi connectivity index (χ0) is 27.4. The number of thioether (sulfide) groups is 1. The Hall–Kier alpha value is -3.84. The monoisotopic (exact) mass is 527 g/mol. The second-order valence-electron chi connectivity index (χ2n) is 9.71. The fourth-order valence-corrected chi connectivity index (χ4v) is 5.22. The summed E-state index contributed by atoms with van der Waals surface area (Å²) in [7, 11) is 1.61. The highest BCUT2D eigenvalue weighted by molar-refractivity contribution is 8.14. The van der Waals surface area contributed by atoms with Crippen molar-refractivity contribution in [2.24, 2.45) is 4.99 Å². The van der Waals surface area contributed by atoms with E-state index in [-0.39, 0.29) is 23.5 Å². The number of nitrogens with zero attached hydrogens (tertiary/aromatic N) is 2. The minimum absolute atomic E-state index is 0.120. The van der Waals surface area contributed by atoms with Crippen molar-refractivity contribution >= 4 is 46.2 Å². The highest BCUT2D eigenvalue weighted by Crippen LogP contribution is 2.32. The number of aryl methyl sites for hydroxylation is 3. The lowest BCUT2D eigenvalue weighted by molar-refractivity contribution is -0.114. The van der Waals surface area contributed by atoms with Crippen molar-refractivity contribution in [2.75, 3.05) is 23.1 Å². The Morgan fingerprint density at radius 2 is 1.74 bits per heavy atom. The average molecular weight is 528 g/mol. The Morgan fingerprint density at radius 1 is 1.05 bits per heavy atom. The maximum atomic E-state index is 13.6. The van der Waals surface area contributed by atoms with Gasteiger partial charge in [-0.2, -0.15) is 0 Å². The van der Waals surface area contributed by atoms with Crippen LogP contribution in [0.4, 0.5) is 11.4 Å². The van der Waals surface area contributed by atoms with E-state index in [0.717, 1.165) is 44.9 Å². The molecule has 0 radical (unpaired) electrons. The largest absolute Gasteiger partial charge is 0.497 e. The molecule has 6 nitrogen and oxygen atoms in total. The zero-order valence-electron chi connectivity index (χ0n) is 22.7. The molecule has 0 bridgehead atoms. The summed E-state index contributed by atoms with van der Waals surface area (Å²) in [5.74, 6) is 0.765. The van der Waals surface area contributed by atoms with Gasteiger partial charge in [0.05, 0.1) is 18.6 Å². The van der Waals surface area contributed by atoms with Gasteiger partial charge in [0.15, 0.2) is 5.17 Å². The molecule has 0 atom stereocenters. The number of carbonyl (C=O) groups excluding carboxylic acids is 2. The molecule has 1 aliphatic rings. The standard InChI is InChI=1S/C31H33N3O3S/c1-19(2)26-9-7-8-22(5)29(26)33-28(35)18-38-31-32-27(17-23-10-12-25(37-6)13-11-23)30(36)34(31)24-15-20(3)14-21(4)16-24/h7-17,19H,18H2,1-6H3,(H,33,35)/b27-17-. The van der Waals surface area contributed by atoms with Gasteiger partial charge < -0.3 is 10.1 Å². The van der Waals surface area contributed by atoms with Gasteiger partial charge in [-0.05, 0) is 84.8 Å². The first-order valence-corrected chi connectivity index (χ1v) is 13.5. The second kappa shape index (κ2) is 11.7. The van der Waals surface area contributed by atoms with Crippen molar-refractivity contribution < 1.29 is 14.3 Å². The fourth-order valence-electron chi connectivity index (χ4n) is 4.41. The number of nitrogens with one attached hydrogen (secondary N) is 1. The molecule has 196 valence electrons. The number of para-hydroxylation sites is 1. The summed E-state index contributed by atoms with van der Waals surface area (Å²) in [5, 5.41) is 3.56. The lowest BCUT2D eigenvalue weighted by atomic mass is 9.98. The number of aliphatic imine (C=N–C) groups is 1. The predicted molar refractivity (Wildman–Crippen MR) is 158 cm³/mol. The van der Waals surface area contributed by atoms with Crippen LogP contribution in [-0.4, -0.2) is 29.8 Å². The Morgan fingerprint density at radius 3 is 2.37 bits per heavy atom. The molecule has 0 aliphatic carbocycles. The minimum atomic E-state index is -0.227. The van der Waals surface area contributed by atoms with E-state index in [9.17, 15) is 9.59 Å². The third kappa shape index (κ3) is 6.17. The third-order valence-electron chi connectivity index (χ3n) is 6.24. The molecule has 1 heterocycles. The summed E-state index contributed by atoms with van der Waals surface area (Å²) in [6.45, 7) is 10.2. The molecule has 0 aromatic heterocycles. The smallest absolute Gasteiger partial charge is 0.283 e. The van der Waals surface area contributed by atoms with Crippen molar-refractivity contribution in [3.63, 3.8) is 0 Å². The number of hydrogen-bond acceptors (Lipinski definition) is 5. The van der Waals surface area contributed by atoms with Gasteiger partial charge in [-0.15, -0.1) is 0 Å². The van der Waals surface area contributed by atoms with Crippen molar-refractivity contribution in [1.82, 2.24) is 0 Å². The Labute approximate surface area is 228 Å². The number of ether oxygens (including phenoxy) is 1. The van der Waals surface area contributed by atoms with E-state index in [1.165, 1.54) is 11.8 Å². The lowest BCUT2D eigenvalue weighted by Gasteiger charge is -2.19. The lowest BCUT2D eigenvalue weighted by Crippen LogP contribution is -2.31. The molecule has 0 saturated heterocycles. The number of amides is 2. The second-order valence-corrected chi connectivity index (χ2v) is 10.7. The van der Waals surface area contributed by atoms with Gasteiger partial charge in [-0.1, -0.05) is 62.0 Å². The van der Waals surface area contributed by atoms with Crippen LogP contribution in [0.5, 0.6) is 5.75 Å². The fraction of sp³-hybridized carbons (Fsp3) is 0.258. The maximum Gasteiger partial charge on any atom is 0.283 e. The number of carbonyl (C=O) groups is 2. The molecule has 7 heteroatoms. The van der Waals surface area contributed by atoms with Gasteiger partial charge in [0, 0.05) is 5.69 Å². The number of methoxy groups -OCH3 is 1. The van der Waals surface area contributed by atoms with Gasteiger partial charge in [-0.25, -0.2) is 4.99 Å². The molecule has 1 N–H and O–H groups in total. The predicted octanol–water partition coefficient (Wildman–Crippen LogP) is 6.86. The summed E-state index contributed by atoms with van der Waals surface area (Å²) >= 11 is 1.25. The van der Waals surface area contributed by atoms with Crippen LogP contribution in [0.25, 0.3) is 6.08 Å². The van der Waals surface area contributed by atoms with Crippen molar-refractivity contribution in [2.45, 2.75) is 40.5 Å². The van der Waals surface area contributed by atoms with Crippen LogP contribution in [0.2, 0.25) is 0 Å².